The van der Waals surface area contributed by atoms with Crippen molar-refractivity contribution in [3.8, 4) is 11.5 Å². The molecular weight excluding hydrogens is 392 g/mol. The molecule has 0 bridgehead atoms. The van der Waals surface area contributed by atoms with Crippen molar-refractivity contribution in [2.24, 2.45) is 11.1 Å². The van der Waals surface area contributed by atoms with E-state index in [1.54, 1.807) is 30.3 Å². The van der Waals surface area contributed by atoms with Crippen LogP contribution in [-0.2, 0) is 10.0 Å². The summed E-state index contributed by atoms with van der Waals surface area (Å²) in [6, 6.07) is 11.1. The molecule has 158 valence electrons. The van der Waals surface area contributed by atoms with E-state index in [-0.39, 0.29) is 21.9 Å². The zero-order chi connectivity index (χ0) is 21.4. The summed E-state index contributed by atoms with van der Waals surface area (Å²) in [4.78, 5) is 11.2. The van der Waals surface area contributed by atoms with Crippen molar-refractivity contribution in [1.29, 1.82) is 0 Å². The third kappa shape index (κ3) is 6.47. The summed E-state index contributed by atoms with van der Waals surface area (Å²) in [5.41, 5.74) is 0.103. The maximum atomic E-state index is 12.2. The smallest absolute Gasteiger partial charge is 0.335 e. The number of carbonyl (C=O) groups is 1. The average molecular weight is 421 g/mol. The number of rotatable bonds is 11. The topological polar surface area (TPSA) is 119 Å². The summed E-state index contributed by atoms with van der Waals surface area (Å²) in [5, 5.41) is 18.0. The molecule has 0 amide bonds. The number of ether oxygens (including phenoxy) is 1. The van der Waals surface area contributed by atoms with Crippen LogP contribution in [0.4, 0.5) is 5.69 Å². The van der Waals surface area contributed by atoms with Gasteiger partial charge < -0.3 is 15.2 Å². The molecule has 0 saturated heterocycles. The fourth-order valence-corrected chi connectivity index (χ4v) is 3.68. The highest BCUT2D eigenvalue weighted by Gasteiger charge is 2.24. The van der Waals surface area contributed by atoms with Crippen molar-refractivity contribution in [2.45, 2.75) is 44.4 Å². The zero-order valence-corrected chi connectivity index (χ0v) is 17.5. The lowest BCUT2D eigenvalue weighted by atomic mass is 9.99. The van der Waals surface area contributed by atoms with E-state index in [2.05, 4.69) is 19.2 Å². The number of carboxylic acid groups (broad SMARTS) is 1. The van der Waals surface area contributed by atoms with E-state index in [0.29, 0.717) is 18.2 Å². The molecule has 0 spiro atoms. The van der Waals surface area contributed by atoms with Crippen molar-refractivity contribution >= 4 is 21.7 Å². The second-order valence-corrected chi connectivity index (χ2v) is 8.44. The standard InChI is InChI=1S/C21H28N2O5S/c1-3-5-9-15(4-2)14-23-18-12-16(21(24)25)13-19(29(22,26)27)20(18)28-17-10-7-6-8-11-17/h6-8,10-13,15,23H,3-5,9,14H2,1-2H3,(H,24,25)(H2,22,26,27)/t15-/m0/s1. The van der Waals surface area contributed by atoms with Gasteiger partial charge in [-0.2, -0.15) is 0 Å². The number of nitrogens with one attached hydrogen (secondary N) is 1. The molecule has 4 N–H and O–H groups in total. The van der Waals surface area contributed by atoms with Crippen LogP contribution in [0.5, 0.6) is 11.5 Å². The van der Waals surface area contributed by atoms with Crippen LogP contribution >= 0.6 is 0 Å². The number of nitrogens with two attached hydrogens (primary N) is 1. The van der Waals surface area contributed by atoms with E-state index in [1.165, 1.54) is 6.07 Å². The summed E-state index contributed by atoms with van der Waals surface area (Å²) in [5.74, 6) is -0.469. The molecule has 0 aliphatic carbocycles. The van der Waals surface area contributed by atoms with Crippen molar-refractivity contribution in [3.63, 3.8) is 0 Å². The number of hydrogen-bond donors (Lipinski definition) is 3. The van der Waals surface area contributed by atoms with Crippen LogP contribution in [0.3, 0.4) is 0 Å². The highest BCUT2D eigenvalue weighted by Crippen LogP contribution is 2.37. The summed E-state index contributed by atoms with van der Waals surface area (Å²) < 4.78 is 30.2. The maximum absolute atomic E-state index is 12.2. The van der Waals surface area contributed by atoms with Gasteiger partial charge >= 0.3 is 5.97 Å². The lowest BCUT2D eigenvalue weighted by Crippen LogP contribution is -2.18. The number of hydrogen-bond acceptors (Lipinski definition) is 5. The summed E-state index contributed by atoms with van der Waals surface area (Å²) in [7, 11) is -4.22. The summed E-state index contributed by atoms with van der Waals surface area (Å²) in [6.45, 7) is 4.78. The highest BCUT2D eigenvalue weighted by molar-refractivity contribution is 7.89. The van der Waals surface area contributed by atoms with E-state index in [9.17, 15) is 18.3 Å². The van der Waals surface area contributed by atoms with Gasteiger partial charge in [-0.1, -0.05) is 51.3 Å². The minimum Gasteiger partial charge on any atom is -0.478 e. The molecule has 2 aromatic rings. The number of aromatic carboxylic acids is 1. The maximum Gasteiger partial charge on any atom is 0.335 e. The number of sulfonamides is 1. The van der Waals surface area contributed by atoms with Crippen molar-refractivity contribution in [1.82, 2.24) is 0 Å². The fraction of sp³-hybridized carbons (Fsp3) is 0.381. The van der Waals surface area contributed by atoms with E-state index in [1.807, 2.05) is 0 Å². The molecule has 0 aliphatic heterocycles. The first-order chi connectivity index (χ1) is 13.8. The van der Waals surface area contributed by atoms with E-state index >= 15 is 0 Å². The molecule has 0 fully saturated rings. The number of unbranched alkanes of at least 4 members (excludes halogenated alkanes) is 1. The number of para-hydroxylation sites is 1. The number of anilines is 1. The Balaban J connectivity index is 2.49. The molecule has 0 unspecified atom stereocenters. The van der Waals surface area contributed by atoms with Gasteiger partial charge in [0.2, 0.25) is 10.0 Å². The van der Waals surface area contributed by atoms with Gasteiger partial charge in [-0.25, -0.2) is 18.4 Å². The Bertz CT molecular complexity index is 930. The minimum atomic E-state index is -4.22. The molecule has 2 rings (SSSR count). The Kier molecular flexibility index (Phi) is 8.04. The molecule has 0 aliphatic rings. The first-order valence-electron chi connectivity index (χ1n) is 9.67. The van der Waals surface area contributed by atoms with Gasteiger partial charge in [-0.15, -0.1) is 0 Å². The quantitative estimate of drug-likeness (QED) is 0.494. The molecular formula is C21H28N2O5S. The lowest BCUT2D eigenvalue weighted by molar-refractivity contribution is 0.0696. The Hall–Kier alpha value is -2.58. The van der Waals surface area contributed by atoms with Gasteiger partial charge in [0.25, 0.3) is 0 Å². The van der Waals surface area contributed by atoms with Crippen LogP contribution in [0.15, 0.2) is 47.4 Å². The fourth-order valence-electron chi connectivity index (χ4n) is 2.98. The molecule has 29 heavy (non-hydrogen) atoms. The van der Waals surface area contributed by atoms with E-state index < -0.39 is 16.0 Å². The van der Waals surface area contributed by atoms with Gasteiger partial charge in [0.1, 0.15) is 10.6 Å². The third-order valence-corrected chi connectivity index (χ3v) is 5.61. The Morgan fingerprint density at radius 3 is 2.45 bits per heavy atom. The number of primary sulfonamides is 1. The third-order valence-electron chi connectivity index (χ3n) is 4.70. The predicted molar refractivity (Wildman–Crippen MR) is 113 cm³/mol. The summed E-state index contributed by atoms with van der Waals surface area (Å²) in [6.07, 6.45) is 4.15. The van der Waals surface area contributed by atoms with Crippen LogP contribution in [-0.4, -0.2) is 26.0 Å². The lowest BCUT2D eigenvalue weighted by Gasteiger charge is -2.20. The van der Waals surface area contributed by atoms with Crippen molar-refractivity contribution in [3.05, 3.63) is 48.0 Å². The van der Waals surface area contributed by atoms with Crippen molar-refractivity contribution < 1.29 is 23.1 Å². The monoisotopic (exact) mass is 420 g/mol. The Labute approximate surface area is 171 Å². The van der Waals surface area contributed by atoms with Gasteiger partial charge in [-0.3, -0.25) is 0 Å². The summed E-state index contributed by atoms with van der Waals surface area (Å²) >= 11 is 0. The van der Waals surface area contributed by atoms with Gasteiger partial charge in [-0.05, 0) is 36.6 Å². The van der Waals surface area contributed by atoms with Gasteiger partial charge in [0.05, 0.1) is 11.3 Å². The van der Waals surface area contributed by atoms with Crippen LogP contribution in [0, 0.1) is 5.92 Å². The molecule has 0 aromatic heterocycles. The first-order valence-corrected chi connectivity index (χ1v) is 11.2. The zero-order valence-electron chi connectivity index (χ0n) is 16.7. The number of benzene rings is 2. The first kappa shape index (κ1) is 22.7. The van der Waals surface area contributed by atoms with Crippen LogP contribution < -0.4 is 15.2 Å². The highest BCUT2D eigenvalue weighted by atomic mass is 32.2. The van der Waals surface area contributed by atoms with Crippen LogP contribution in [0.2, 0.25) is 0 Å². The Morgan fingerprint density at radius 2 is 1.90 bits per heavy atom. The van der Waals surface area contributed by atoms with Crippen LogP contribution in [0.1, 0.15) is 49.9 Å². The van der Waals surface area contributed by atoms with Gasteiger partial charge in [0.15, 0.2) is 5.75 Å². The van der Waals surface area contributed by atoms with Crippen LogP contribution in [0.25, 0.3) is 0 Å². The molecule has 2 aromatic carbocycles. The molecule has 0 heterocycles. The predicted octanol–water partition coefficient (Wildman–Crippen LogP) is 4.45. The SMILES string of the molecule is CCCC[C@H](CC)CNc1cc(C(=O)O)cc(S(N)(=O)=O)c1Oc1ccccc1. The molecule has 0 radical (unpaired) electrons. The largest absolute Gasteiger partial charge is 0.478 e. The average Bonchev–Trinajstić information content (AvgIpc) is 2.68. The molecule has 0 saturated carbocycles. The molecule has 8 heteroatoms. The van der Waals surface area contributed by atoms with E-state index in [0.717, 1.165) is 31.7 Å². The second-order valence-electron chi connectivity index (χ2n) is 6.91. The normalized spacial score (nSPS) is 12.4. The van der Waals surface area contributed by atoms with Crippen molar-refractivity contribution in [2.75, 3.05) is 11.9 Å². The minimum absolute atomic E-state index is 0.00551. The molecule has 1 atom stereocenters. The molecule has 7 nitrogen and oxygen atoms in total. The van der Waals surface area contributed by atoms with E-state index in [4.69, 9.17) is 9.88 Å². The Morgan fingerprint density at radius 1 is 1.21 bits per heavy atom. The number of carboxylic acids is 1. The second kappa shape index (κ2) is 10.3. The van der Waals surface area contributed by atoms with Gasteiger partial charge in [0, 0.05) is 6.54 Å².